The second-order valence-electron chi connectivity index (χ2n) is 11.5. The Bertz CT molecular complexity index is 1690. The van der Waals surface area contributed by atoms with Gasteiger partial charge in [0.2, 0.25) is 0 Å². The summed E-state index contributed by atoms with van der Waals surface area (Å²) >= 11 is 1.47. The van der Waals surface area contributed by atoms with E-state index in [1.54, 1.807) is 18.0 Å². The van der Waals surface area contributed by atoms with E-state index in [1.807, 2.05) is 25.2 Å². The van der Waals surface area contributed by atoms with E-state index in [9.17, 15) is 9.59 Å². The van der Waals surface area contributed by atoms with Gasteiger partial charge in [-0.1, -0.05) is 39.2 Å². The van der Waals surface area contributed by atoms with Crippen LogP contribution in [0.15, 0.2) is 42.6 Å². The standard InChI is InChI=1S/C34H38N4O3S/c1-5-21(2)42-36-34(40)23-11-13-29-30(17-23)38-19-25(32-26(20-39)18-35-37(32)3)15-24-16-27(41-4)12-14-28(24)33(38)31(29)22-9-7-6-8-10-22/h11-18,20-22H,5-10,19H2,1-4H3,(H,36,40). The third-order valence-electron chi connectivity index (χ3n) is 8.88. The van der Waals surface area contributed by atoms with Crippen molar-refractivity contribution in [3.63, 3.8) is 0 Å². The highest BCUT2D eigenvalue weighted by molar-refractivity contribution is 7.98. The molecule has 2 aromatic carbocycles. The van der Waals surface area contributed by atoms with Gasteiger partial charge in [0.15, 0.2) is 6.29 Å². The predicted molar refractivity (Wildman–Crippen MR) is 171 cm³/mol. The average Bonchev–Trinajstić information content (AvgIpc) is 3.50. The zero-order valence-electron chi connectivity index (χ0n) is 24.8. The molecule has 0 saturated heterocycles. The number of carbonyl (C=O) groups is 2. The maximum atomic E-state index is 13.3. The van der Waals surface area contributed by atoms with Crippen molar-refractivity contribution >= 4 is 46.7 Å². The molecule has 8 heteroatoms. The first kappa shape index (κ1) is 28.3. The number of aldehydes is 1. The van der Waals surface area contributed by atoms with Crippen LogP contribution < -0.4 is 9.46 Å². The fourth-order valence-electron chi connectivity index (χ4n) is 6.56. The number of nitrogens with one attached hydrogen (secondary N) is 1. The molecule has 6 rings (SSSR count). The monoisotopic (exact) mass is 582 g/mol. The van der Waals surface area contributed by atoms with Gasteiger partial charge in [-0.2, -0.15) is 5.10 Å². The molecule has 4 aromatic rings. The van der Waals surface area contributed by atoms with E-state index in [1.165, 1.54) is 47.9 Å². The van der Waals surface area contributed by atoms with E-state index in [-0.39, 0.29) is 5.91 Å². The number of amides is 1. The van der Waals surface area contributed by atoms with Gasteiger partial charge in [-0.25, -0.2) is 0 Å². The van der Waals surface area contributed by atoms with Crippen LogP contribution in [-0.4, -0.2) is 38.9 Å². The number of aromatic nitrogens is 3. The first-order valence-electron chi connectivity index (χ1n) is 14.9. The van der Waals surface area contributed by atoms with Crippen molar-refractivity contribution in [3.05, 3.63) is 70.5 Å². The number of aryl methyl sites for hydroxylation is 1. The number of fused-ring (bicyclic) bond motifs is 5. The van der Waals surface area contributed by atoms with E-state index in [2.05, 4.69) is 52.5 Å². The van der Waals surface area contributed by atoms with Gasteiger partial charge in [-0.15, -0.1) is 0 Å². The van der Waals surface area contributed by atoms with E-state index >= 15 is 0 Å². The highest BCUT2D eigenvalue weighted by Gasteiger charge is 2.30. The molecule has 2 aromatic heterocycles. The van der Waals surface area contributed by atoms with Crippen molar-refractivity contribution in [1.29, 1.82) is 0 Å². The van der Waals surface area contributed by atoms with Gasteiger partial charge in [-0.3, -0.25) is 19.0 Å². The lowest BCUT2D eigenvalue weighted by atomic mass is 9.81. The van der Waals surface area contributed by atoms with Gasteiger partial charge in [0, 0.05) is 34.3 Å². The summed E-state index contributed by atoms with van der Waals surface area (Å²) < 4.78 is 12.8. The fourth-order valence-corrected chi connectivity index (χ4v) is 7.15. The van der Waals surface area contributed by atoms with Crippen molar-refractivity contribution in [2.24, 2.45) is 7.05 Å². The van der Waals surface area contributed by atoms with Gasteiger partial charge in [-0.05, 0) is 90.2 Å². The van der Waals surface area contributed by atoms with Crippen LogP contribution in [0.2, 0.25) is 0 Å². The summed E-state index contributed by atoms with van der Waals surface area (Å²) in [4.78, 5) is 25.4. The maximum absolute atomic E-state index is 13.3. The summed E-state index contributed by atoms with van der Waals surface area (Å²) in [6.45, 7) is 4.78. The highest BCUT2D eigenvalue weighted by Crippen LogP contribution is 2.47. The smallest absolute Gasteiger partial charge is 0.261 e. The number of methoxy groups -OCH3 is 1. The minimum Gasteiger partial charge on any atom is -0.497 e. The van der Waals surface area contributed by atoms with Crippen LogP contribution in [0.25, 0.3) is 33.8 Å². The molecule has 2 aliphatic rings. The molecule has 42 heavy (non-hydrogen) atoms. The number of allylic oxidation sites excluding steroid dienone is 1. The molecule has 0 spiro atoms. The second-order valence-corrected chi connectivity index (χ2v) is 12.7. The van der Waals surface area contributed by atoms with Crippen LogP contribution in [0, 0.1) is 0 Å². The molecule has 1 aliphatic carbocycles. The zero-order valence-corrected chi connectivity index (χ0v) is 25.6. The Morgan fingerprint density at radius 1 is 1.17 bits per heavy atom. The fraction of sp³-hybridized carbons (Fsp3) is 0.382. The third-order valence-corrected chi connectivity index (χ3v) is 9.92. The van der Waals surface area contributed by atoms with Crippen LogP contribution in [-0.2, 0) is 13.6 Å². The molecule has 1 unspecified atom stereocenters. The summed E-state index contributed by atoms with van der Waals surface area (Å²) in [5.74, 6) is 1.14. The number of carbonyl (C=O) groups excluding carboxylic acids is 2. The Hall–Kier alpha value is -3.78. The Balaban J connectivity index is 1.60. The summed E-state index contributed by atoms with van der Waals surface area (Å²) in [7, 11) is 3.56. The van der Waals surface area contributed by atoms with Gasteiger partial charge in [0.25, 0.3) is 5.91 Å². The minimum absolute atomic E-state index is 0.0821. The maximum Gasteiger partial charge on any atom is 0.261 e. The first-order valence-corrected chi connectivity index (χ1v) is 15.8. The minimum atomic E-state index is -0.0821. The molecule has 218 valence electrons. The van der Waals surface area contributed by atoms with E-state index < -0.39 is 0 Å². The summed E-state index contributed by atoms with van der Waals surface area (Å²) in [6, 6.07) is 12.4. The van der Waals surface area contributed by atoms with Crippen molar-refractivity contribution in [2.75, 3.05) is 7.11 Å². The Labute approximate surface area is 251 Å². The highest BCUT2D eigenvalue weighted by atomic mass is 32.2. The van der Waals surface area contributed by atoms with Crippen LogP contribution >= 0.6 is 11.9 Å². The molecule has 1 saturated carbocycles. The van der Waals surface area contributed by atoms with Crippen LogP contribution in [0.5, 0.6) is 5.75 Å². The summed E-state index contributed by atoms with van der Waals surface area (Å²) in [6.07, 6.45) is 11.7. The quantitative estimate of drug-likeness (QED) is 0.171. The lowest BCUT2D eigenvalue weighted by molar-refractivity contribution is 0.0984. The molecule has 1 N–H and O–H groups in total. The average molecular weight is 583 g/mol. The van der Waals surface area contributed by atoms with Crippen LogP contribution in [0.1, 0.15) is 95.8 Å². The van der Waals surface area contributed by atoms with Crippen molar-refractivity contribution in [2.45, 2.75) is 70.1 Å². The van der Waals surface area contributed by atoms with Gasteiger partial charge in [0.05, 0.1) is 36.8 Å². The topological polar surface area (TPSA) is 78.2 Å². The SMILES string of the molecule is CCC(C)SNC(=O)c1ccc2c(C3CCCCC3)c3n(c2c1)CC(c1c(C=O)cnn1C)=Cc1cc(OC)ccc1-3. The molecule has 0 bridgehead atoms. The summed E-state index contributed by atoms with van der Waals surface area (Å²) in [5, 5.41) is 5.95. The second kappa shape index (κ2) is 11.8. The molecule has 0 radical (unpaired) electrons. The molecule has 3 heterocycles. The Kier molecular flexibility index (Phi) is 7.99. The lowest BCUT2D eigenvalue weighted by Crippen LogP contribution is -2.18. The number of benzene rings is 2. The third kappa shape index (κ3) is 5.06. The molecule has 1 aliphatic heterocycles. The predicted octanol–water partition coefficient (Wildman–Crippen LogP) is 7.64. The number of hydrogen-bond donors (Lipinski definition) is 1. The van der Waals surface area contributed by atoms with E-state index in [4.69, 9.17) is 4.74 Å². The van der Waals surface area contributed by atoms with Crippen LogP contribution in [0.3, 0.4) is 0 Å². The molecule has 1 amide bonds. The molecule has 7 nitrogen and oxygen atoms in total. The number of rotatable bonds is 8. The lowest BCUT2D eigenvalue weighted by Gasteiger charge is -2.24. The molecule has 1 atom stereocenters. The Morgan fingerprint density at radius 3 is 2.71 bits per heavy atom. The normalized spacial score (nSPS) is 15.9. The van der Waals surface area contributed by atoms with Crippen LogP contribution in [0.4, 0.5) is 0 Å². The summed E-state index contributed by atoms with van der Waals surface area (Å²) in [5.41, 5.74) is 8.77. The largest absolute Gasteiger partial charge is 0.497 e. The van der Waals surface area contributed by atoms with Crippen molar-refractivity contribution in [3.8, 4) is 17.0 Å². The number of hydrogen-bond acceptors (Lipinski definition) is 5. The number of nitrogens with zero attached hydrogens (tertiary/aromatic N) is 3. The van der Waals surface area contributed by atoms with Crippen molar-refractivity contribution < 1.29 is 14.3 Å². The molecular formula is C34H38N4O3S. The number of ether oxygens (including phenoxy) is 1. The van der Waals surface area contributed by atoms with Crippen molar-refractivity contribution in [1.82, 2.24) is 19.1 Å². The molecule has 1 fully saturated rings. The van der Waals surface area contributed by atoms with Gasteiger partial charge < -0.3 is 9.30 Å². The van der Waals surface area contributed by atoms with E-state index in [0.29, 0.717) is 28.8 Å². The first-order chi connectivity index (χ1) is 20.4. The van der Waals surface area contributed by atoms with Gasteiger partial charge >= 0.3 is 0 Å². The zero-order chi connectivity index (χ0) is 29.4. The Morgan fingerprint density at radius 2 is 1.98 bits per heavy atom. The van der Waals surface area contributed by atoms with Gasteiger partial charge in [0.1, 0.15) is 5.75 Å². The van der Waals surface area contributed by atoms with E-state index in [0.717, 1.165) is 59.2 Å². The molecular weight excluding hydrogens is 544 g/mol.